The van der Waals surface area contributed by atoms with Crippen LogP contribution in [0, 0.1) is 17.6 Å². The molecule has 0 saturated carbocycles. The molecule has 7 nitrogen and oxygen atoms in total. The lowest BCUT2D eigenvalue weighted by Gasteiger charge is -2.35. The van der Waals surface area contributed by atoms with Gasteiger partial charge >= 0.3 is 0 Å². The highest BCUT2D eigenvalue weighted by Crippen LogP contribution is 2.47. The summed E-state index contributed by atoms with van der Waals surface area (Å²) in [5.41, 5.74) is 6.25. The summed E-state index contributed by atoms with van der Waals surface area (Å²) in [6, 6.07) is 13.2. The maximum absolute atomic E-state index is 15.1. The van der Waals surface area contributed by atoms with Gasteiger partial charge in [-0.15, -0.1) is 0 Å². The largest absolute Gasteiger partial charge is 0.399 e. The van der Waals surface area contributed by atoms with Crippen LogP contribution in [0.1, 0.15) is 15.9 Å². The second-order valence-corrected chi connectivity index (χ2v) is 9.00. The zero-order valence-electron chi connectivity index (χ0n) is 17.4. The first kappa shape index (κ1) is 21.3. The Labute approximate surface area is 193 Å². The molecule has 2 atom stereocenters. The average Bonchev–Trinajstić information content (AvgIpc) is 3.21. The minimum absolute atomic E-state index is 0.107. The molecule has 0 bridgehead atoms. The second-order valence-electron chi connectivity index (χ2n) is 7.99. The number of aromatic nitrogens is 2. The second kappa shape index (κ2) is 8.43. The van der Waals surface area contributed by atoms with Crippen molar-refractivity contribution in [3.05, 3.63) is 83.7 Å². The Kier molecular flexibility index (Phi) is 5.45. The van der Waals surface area contributed by atoms with E-state index in [4.69, 9.17) is 10.7 Å². The highest BCUT2D eigenvalue weighted by atomic mass is 32.2. The first-order chi connectivity index (χ1) is 15.9. The highest BCUT2D eigenvalue weighted by molar-refractivity contribution is 8.13. The fraction of sp³-hybridized carbons (Fsp3) is 0.217. The van der Waals surface area contributed by atoms with E-state index < -0.39 is 17.2 Å². The first-order valence-electron chi connectivity index (χ1n) is 10.3. The number of nitrogens with two attached hydrogens (primary N) is 1. The number of nitrogens with zero attached hydrogens (tertiary/aromatic N) is 4. The Hall–Kier alpha value is -3.53. The number of aliphatic imine (C=N–C) groups is 1. The number of nitrogen functional groups attached to an aromatic ring is 1. The third-order valence-corrected chi connectivity index (χ3v) is 6.91. The van der Waals surface area contributed by atoms with Crippen LogP contribution >= 0.6 is 11.8 Å². The quantitative estimate of drug-likeness (QED) is 0.576. The number of halogens is 2. The number of nitrogens with one attached hydrogen (secondary N) is 1. The average molecular weight is 467 g/mol. The lowest BCUT2D eigenvalue weighted by Crippen LogP contribution is -2.43. The van der Waals surface area contributed by atoms with Crippen LogP contribution in [0.2, 0.25) is 0 Å². The molecule has 2 aliphatic heterocycles. The summed E-state index contributed by atoms with van der Waals surface area (Å²) in [6.07, 6.45) is 2.20. The molecule has 0 aliphatic carbocycles. The van der Waals surface area contributed by atoms with Crippen molar-refractivity contribution in [1.82, 2.24) is 15.3 Å². The number of fused-ring (bicyclic) bond motifs is 1. The van der Waals surface area contributed by atoms with Gasteiger partial charge in [-0.3, -0.25) is 4.79 Å². The van der Waals surface area contributed by atoms with Crippen molar-refractivity contribution in [2.24, 2.45) is 10.9 Å². The summed E-state index contributed by atoms with van der Waals surface area (Å²) in [5.74, 6) is -0.443. The van der Waals surface area contributed by atoms with Crippen molar-refractivity contribution >= 4 is 34.5 Å². The molecule has 3 aromatic rings. The summed E-state index contributed by atoms with van der Waals surface area (Å²) in [4.78, 5) is 27.6. The fourth-order valence-corrected chi connectivity index (χ4v) is 5.43. The van der Waals surface area contributed by atoms with E-state index in [0.717, 1.165) is 12.4 Å². The van der Waals surface area contributed by atoms with Crippen molar-refractivity contribution < 1.29 is 13.6 Å². The minimum Gasteiger partial charge on any atom is -0.399 e. The van der Waals surface area contributed by atoms with Crippen LogP contribution in [-0.4, -0.2) is 39.9 Å². The Morgan fingerprint density at radius 3 is 2.67 bits per heavy atom. The van der Waals surface area contributed by atoms with Crippen LogP contribution in [0.4, 0.5) is 20.4 Å². The van der Waals surface area contributed by atoms with Gasteiger partial charge in [0.05, 0.1) is 18.9 Å². The molecule has 3 heterocycles. The maximum atomic E-state index is 15.1. The van der Waals surface area contributed by atoms with E-state index in [1.807, 2.05) is 11.0 Å². The maximum Gasteiger partial charge on any atom is 0.257 e. The molecule has 10 heteroatoms. The van der Waals surface area contributed by atoms with Crippen molar-refractivity contribution in [3.8, 4) is 0 Å². The predicted molar refractivity (Wildman–Crippen MR) is 124 cm³/mol. The standard InChI is InChI=1S/C23H20F2N6OS/c24-16-9-27-21(28-10-16)31-11-15-12-33-22(29-20(32)14-4-2-1-3-5-14)30-23(15,13-31)18-8-17(26)6-7-19(18)25/h1-10,15H,11-13,26H2,(H,29,30,32)/t15-,23?/m0/s1. The van der Waals surface area contributed by atoms with Crippen molar-refractivity contribution in [2.45, 2.75) is 5.54 Å². The Balaban J connectivity index is 1.54. The molecule has 1 amide bonds. The van der Waals surface area contributed by atoms with Gasteiger partial charge in [-0.05, 0) is 30.3 Å². The van der Waals surface area contributed by atoms with Crippen molar-refractivity contribution in [3.63, 3.8) is 0 Å². The molecule has 1 aromatic heterocycles. The van der Waals surface area contributed by atoms with Gasteiger partial charge in [0.2, 0.25) is 5.95 Å². The molecule has 168 valence electrons. The third-order valence-electron chi connectivity index (χ3n) is 5.87. The molecular formula is C23H20F2N6OS. The summed E-state index contributed by atoms with van der Waals surface area (Å²) in [6.45, 7) is 0.755. The van der Waals surface area contributed by atoms with Crippen LogP contribution < -0.4 is 16.0 Å². The summed E-state index contributed by atoms with van der Waals surface area (Å²) in [5, 5.41) is 3.27. The molecule has 1 saturated heterocycles. The Morgan fingerprint density at radius 1 is 1.15 bits per heavy atom. The van der Waals surface area contributed by atoms with Gasteiger partial charge in [0.15, 0.2) is 11.0 Å². The number of thioether (sulfide) groups is 1. The Morgan fingerprint density at radius 2 is 1.91 bits per heavy atom. The van der Waals surface area contributed by atoms with Crippen LogP contribution in [0.25, 0.3) is 0 Å². The van der Waals surface area contributed by atoms with Gasteiger partial charge in [-0.1, -0.05) is 30.0 Å². The summed E-state index contributed by atoms with van der Waals surface area (Å²) >= 11 is 1.40. The smallest absolute Gasteiger partial charge is 0.257 e. The summed E-state index contributed by atoms with van der Waals surface area (Å²) < 4.78 is 28.5. The van der Waals surface area contributed by atoms with E-state index in [1.54, 1.807) is 30.3 Å². The molecular weight excluding hydrogens is 446 g/mol. The SMILES string of the molecule is Nc1ccc(F)c(C23CN(c4ncc(F)cn4)C[C@H]2CSC(NC(=O)c2ccccc2)=N3)c1. The normalized spacial score (nSPS) is 21.9. The molecule has 2 aliphatic rings. The number of hydrogen-bond donors (Lipinski definition) is 2. The number of amidine groups is 1. The predicted octanol–water partition coefficient (Wildman–Crippen LogP) is 3.20. The highest BCUT2D eigenvalue weighted by Gasteiger charge is 2.52. The topological polar surface area (TPSA) is 96.5 Å². The number of carbonyl (C=O) groups is 1. The van der Waals surface area contributed by atoms with Gasteiger partial charge in [-0.25, -0.2) is 23.7 Å². The number of anilines is 2. The number of amides is 1. The molecule has 5 rings (SSSR count). The van der Waals surface area contributed by atoms with E-state index in [9.17, 15) is 9.18 Å². The lowest BCUT2D eigenvalue weighted by molar-refractivity contribution is 0.0977. The van der Waals surface area contributed by atoms with E-state index >= 15 is 4.39 Å². The van der Waals surface area contributed by atoms with E-state index in [1.165, 1.54) is 23.9 Å². The number of carbonyl (C=O) groups excluding carboxylic acids is 1. The minimum atomic E-state index is -1.01. The van der Waals surface area contributed by atoms with Crippen LogP contribution in [0.3, 0.4) is 0 Å². The third kappa shape index (κ3) is 4.02. The molecule has 0 radical (unpaired) electrons. The van der Waals surface area contributed by atoms with Crippen LogP contribution in [0.15, 0.2) is 65.9 Å². The number of hydrogen-bond acceptors (Lipinski definition) is 7. The molecule has 1 unspecified atom stereocenters. The van der Waals surface area contributed by atoms with Gasteiger partial charge in [0.25, 0.3) is 5.91 Å². The van der Waals surface area contributed by atoms with E-state index in [2.05, 4.69) is 15.3 Å². The zero-order chi connectivity index (χ0) is 23.0. The van der Waals surface area contributed by atoms with Crippen LogP contribution in [-0.2, 0) is 5.54 Å². The van der Waals surface area contributed by atoms with Crippen molar-refractivity contribution in [1.29, 1.82) is 0 Å². The van der Waals surface area contributed by atoms with E-state index in [-0.39, 0.29) is 18.4 Å². The molecule has 1 fully saturated rings. The monoisotopic (exact) mass is 466 g/mol. The zero-order valence-corrected chi connectivity index (χ0v) is 18.2. The van der Waals surface area contributed by atoms with Gasteiger partial charge in [0.1, 0.15) is 11.4 Å². The van der Waals surface area contributed by atoms with Gasteiger partial charge in [0, 0.05) is 35.0 Å². The lowest BCUT2D eigenvalue weighted by atomic mass is 9.81. The molecule has 0 spiro atoms. The molecule has 33 heavy (non-hydrogen) atoms. The van der Waals surface area contributed by atoms with Gasteiger partial charge < -0.3 is 16.0 Å². The fourth-order valence-electron chi connectivity index (χ4n) is 4.30. The summed E-state index contributed by atoms with van der Waals surface area (Å²) in [7, 11) is 0. The number of benzene rings is 2. The number of rotatable bonds is 3. The Bertz CT molecular complexity index is 1220. The van der Waals surface area contributed by atoms with Crippen molar-refractivity contribution in [2.75, 3.05) is 29.5 Å². The first-order valence-corrected chi connectivity index (χ1v) is 11.3. The van der Waals surface area contributed by atoms with E-state index in [0.29, 0.717) is 40.2 Å². The molecule has 2 aromatic carbocycles. The molecule has 3 N–H and O–H groups in total. The van der Waals surface area contributed by atoms with Crippen LogP contribution in [0.5, 0.6) is 0 Å². The van der Waals surface area contributed by atoms with Gasteiger partial charge in [-0.2, -0.15) is 0 Å².